The summed E-state index contributed by atoms with van der Waals surface area (Å²) in [5.41, 5.74) is 0. The van der Waals surface area contributed by atoms with E-state index in [9.17, 15) is 0 Å². The number of halogens is 1. The van der Waals surface area contributed by atoms with Gasteiger partial charge in [-0.2, -0.15) is 0 Å². The molecule has 80 valence electrons. The summed E-state index contributed by atoms with van der Waals surface area (Å²) in [6.45, 7) is 4.15. The van der Waals surface area contributed by atoms with Gasteiger partial charge in [-0.3, -0.25) is 0 Å². The van der Waals surface area contributed by atoms with E-state index in [4.69, 9.17) is 11.6 Å². The number of nitrogens with zero attached hydrogens (tertiary/aromatic N) is 2. The summed E-state index contributed by atoms with van der Waals surface area (Å²) in [6, 6.07) is 0. The van der Waals surface area contributed by atoms with Crippen molar-refractivity contribution in [3.63, 3.8) is 0 Å². The molecule has 0 fully saturated rings. The maximum absolute atomic E-state index is 5.91. The summed E-state index contributed by atoms with van der Waals surface area (Å²) in [4.78, 5) is 0. The number of aryl methyl sites for hydroxylation is 1. The van der Waals surface area contributed by atoms with Crippen molar-refractivity contribution in [1.29, 1.82) is 0 Å². The normalized spacial score (nSPS) is 13.1. The van der Waals surface area contributed by atoms with Gasteiger partial charge < -0.3 is 0 Å². The Morgan fingerprint density at radius 2 is 2.07 bits per heavy atom. The molecule has 14 heavy (non-hydrogen) atoms. The van der Waals surface area contributed by atoms with Gasteiger partial charge in [0.1, 0.15) is 10.0 Å². The molecule has 2 nitrogen and oxygen atoms in total. The highest BCUT2D eigenvalue weighted by atomic mass is 35.5. The quantitative estimate of drug-likeness (QED) is 0.548. The molecule has 1 aromatic heterocycles. The van der Waals surface area contributed by atoms with Gasteiger partial charge in [0, 0.05) is 6.42 Å². The summed E-state index contributed by atoms with van der Waals surface area (Å²) in [5.74, 6) is 0. The molecule has 0 aromatic carbocycles. The van der Waals surface area contributed by atoms with Crippen molar-refractivity contribution in [2.75, 3.05) is 0 Å². The van der Waals surface area contributed by atoms with Crippen LogP contribution in [-0.2, 0) is 6.42 Å². The van der Waals surface area contributed by atoms with Gasteiger partial charge in [0.05, 0.1) is 5.38 Å². The Hall–Kier alpha value is -0.150. The van der Waals surface area contributed by atoms with Crippen molar-refractivity contribution >= 4 is 22.9 Å². The van der Waals surface area contributed by atoms with Crippen LogP contribution in [0.5, 0.6) is 0 Å². The smallest absolute Gasteiger partial charge is 0.135 e. The van der Waals surface area contributed by atoms with E-state index in [1.807, 2.05) is 6.92 Å². The molecule has 0 N–H and O–H groups in total. The average molecular weight is 233 g/mol. The van der Waals surface area contributed by atoms with Crippen molar-refractivity contribution in [2.24, 2.45) is 0 Å². The molecule has 1 atom stereocenters. The van der Waals surface area contributed by atoms with E-state index in [-0.39, 0.29) is 5.38 Å². The number of aromatic nitrogens is 2. The fraction of sp³-hybridized carbons (Fsp3) is 0.800. The zero-order chi connectivity index (χ0) is 10.4. The Labute approximate surface area is 94.7 Å². The predicted molar refractivity (Wildman–Crippen MR) is 62.0 cm³/mol. The van der Waals surface area contributed by atoms with Crippen LogP contribution in [-0.4, -0.2) is 10.2 Å². The minimum atomic E-state index is -0.00288. The van der Waals surface area contributed by atoms with Crippen LogP contribution in [0.4, 0.5) is 0 Å². The first kappa shape index (κ1) is 11.9. The minimum Gasteiger partial charge on any atom is -0.144 e. The number of hydrogen-bond acceptors (Lipinski definition) is 3. The van der Waals surface area contributed by atoms with Gasteiger partial charge in [0.25, 0.3) is 0 Å². The molecule has 4 heteroatoms. The van der Waals surface area contributed by atoms with E-state index in [2.05, 4.69) is 17.1 Å². The second-order valence-corrected chi connectivity index (χ2v) is 5.21. The van der Waals surface area contributed by atoms with E-state index in [0.717, 1.165) is 16.4 Å². The molecule has 1 heterocycles. The molecule has 0 radical (unpaired) electrons. The topological polar surface area (TPSA) is 25.8 Å². The lowest BCUT2D eigenvalue weighted by molar-refractivity contribution is 0.662. The Kier molecular flexibility index (Phi) is 5.41. The summed E-state index contributed by atoms with van der Waals surface area (Å²) in [6.07, 6.45) is 6.17. The monoisotopic (exact) mass is 232 g/mol. The first-order valence-electron chi connectivity index (χ1n) is 5.20. The molecule has 0 saturated heterocycles. The Bertz CT molecular complexity index is 260. The van der Waals surface area contributed by atoms with Crippen LogP contribution in [0, 0.1) is 0 Å². The van der Waals surface area contributed by atoms with Crippen molar-refractivity contribution < 1.29 is 0 Å². The van der Waals surface area contributed by atoms with Crippen LogP contribution in [0.25, 0.3) is 0 Å². The van der Waals surface area contributed by atoms with E-state index in [1.54, 1.807) is 11.3 Å². The molecular formula is C10H17ClN2S. The number of alkyl halides is 1. The molecule has 0 aliphatic rings. The molecule has 1 aromatic rings. The molecule has 0 aliphatic heterocycles. The lowest BCUT2D eigenvalue weighted by Gasteiger charge is -1.95. The predicted octanol–water partition coefficient (Wildman–Crippen LogP) is 3.96. The van der Waals surface area contributed by atoms with E-state index in [0.29, 0.717) is 0 Å². The second-order valence-electron chi connectivity index (χ2n) is 3.46. The third-order valence-electron chi connectivity index (χ3n) is 2.07. The van der Waals surface area contributed by atoms with Gasteiger partial charge >= 0.3 is 0 Å². The third-order valence-corrected chi connectivity index (χ3v) is 3.57. The standard InChI is InChI=1S/C10H17ClN2S/c1-3-4-5-6-7-9-12-13-10(14-9)8(2)11/h8H,3-7H2,1-2H3. The number of rotatable bonds is 6. The first-order valence-corrected chi connectivity index (χ1v) is 6.45. The summed E-state index contributed by atoms with van der Waals surface area (Å²) < 4.78 is 0. The van der Waals surface area contributed by atoms with Gasteiger partial charge in [0.2, 0.25) is 0 Å². The van der Waals surface area contributed by atoms with Crippen molar-refractivity contribution in [3.8, 4) is 0 Å². The SMILES string of the molecule is CCCCCCc1nnc(C(C)Cl)s1. The van der Waals surface area contributed by atoms with E-state index in [1.165, 1.54) is 25.7 Å². The first-order chi connectivity index (χ1) is 6.74. The van der Waals surface area contributed by atoms with Crippen LogP contribution < -0.4 is 0 Å². The van der Waals surface area contributed by atoms with Gasteiger partial charge in [-0.15, -0.1) is 21.8 Å². The van der Waals surface area contributed by atoms with E-state index >= 15 is 0 Å². The Balaban J connectivity index is 2.29. The highest BCUT2D eigenvalue weighted by Gasteiger charge is 2.08. The third kappa shape index (κ3) is 3.93. The van der Waals surface area contributed by atoms with Crippen LogP contribution in [0.15, 0.2) is 0 Å². The molecular weight excluding hydrogens is 216 g/mol. The maximum Gasteiger partial charge on any atom is 0.135 e. The number of hydrogen-bond donors (Lipinski definition) is 0. The highest BCUT2D eigenvalue weighted by molar-refractivity contribution is 7.11. The van der Waals surface area contributed by atoms with Crippen molar-refractivity contribution in [1.82, 2.24) is 10.2 Å². The molecule has 0 saturated carbocycles. The molecule has 0 spiro atoms. The second kappa shape index (κ2) is 6.36. The maximum atomic E-state index is 5.91. The zero-order valence-electron chi connectivity index (χ0n) is 8.79. The zero-order valence-corrected chi connectivity index (χ0v) is 10.4. The molecule has 0 amide bonds. The fourth-order valence-corrected chi connectivity index (χ4v) is 2.22. The molecule has 0 aliphatic carbocycles. The van der Waals surface area contributed by atoms with Crippen LogP contribution in [0.1, 0.15) is 54.9 Å². The molecule has 1 unspecified atom stereocenters. The van der Waals surface area contributed by atoms with Crippen molar-refractivity contribution in [3.05, 3.63) is 10.0 Å². The van der Waals surface area contributed by atoms with E-state index < -0.39 is 0 Å². The molecule has 1 rings (SSSR count). The molecule has 0 bridgehead atoms. The summed E-state index contributed by atoms with van der Waals surface area (Å²) in [7, 11) is 0. The summed E-state index contributed by atoms with van der Waals surface area (Å²) in [5, 5.41) is 10.2. The lowest BCUT2D eigenvalue weighted by atomic mass is 10.2. The lowest BCUT2D eigenvalue weighted by Crippen LogP contribution is -1.84. The minimum absolute atomic E-state index is 0.00288. The van der Waals surface area contributed by atoms with Gasteiger partial charge in [-0.05, 0) is 13.3 Å². The van der Waals surface area contributed by atoms with Gasteiger partial charge in [0.15, 0.2) is 0 Å². The average Bonchev–Trinajstić information content (AvgIpc) is 2.61. The van der Waals surface area contributed by atoms with Gasteiger partial charge in [-0.25, -0.2) is 0 Å². The Morgan fingerprint density at radius 3 is 2.64 bits per heavy atom. The van der Waals surface area contributed by atoms with Crippen LogP contribution in [0.3, 0.4) is 0 Å². The largest absolute Gasteiger partial charge is 0.144 e. The Morgan fingerprint density at radius 1 is 1.29 bits per heavy atom. The van der Waals surface area contributed by atoms with Crippen LogP contribution >= 0.6 is 22.9 Å². The van der Waals surface area contributed by atoms with Crippen LogP contribution in [0.2, 0.25) is 0 Å². The van der Waals surface area contributed by atoms with Gasteiger partial charge in [-0.1, -0.05) is 37.5 Å². The number of unbranched alkanes of at least 4 members (excludes halogenated alkanes) is 3. The highest BCUT2D eigenvalue weighted by Crippen LogP contribution is 2.23. The summed E-state index contributed by atoms with van der Waals surface area (Å²) >= 11 is 7.55. The van der Waals surface area contributed by atoms with Crippen molar-refractivity contribution in [2.45, 2.75) is 51.3 Å². The fourth-order valence-electron chi connectivity index (χ4n) is 1.23.